The molecule has 3 rings (SSSR count). The van der Waals surface area contributed by atoms with Gasteiger partial charge in [0.05, 0.1) is 22.0 Å². The van der Waals surface area contributed by atoms with Gasteiger partial charge in [-0.2, -0.15) is 0 Å². The Balaban J connectivity index is 2.00. The van der Waals surface area contributed by atoms with Crippen LogP contribution in [0.4, 0.5) is 10.1 Å². The van der Waals surface area contributed by atoms with E-state index in [1.165, 1.54) is 12.3 Å². The minimum Gasteiger partial charge on any atom is -0.450 e. The van der Waals surface area contributed by atoms with Gasteiger partial charge in [-0.25, -0.2) is 4.39 Å². The number of hydrogen-bond acceptors (Lipinski definition) is 5. The molecule has 0 amide bonds. The van der Waals surface area contributed by atoms with Gasteiger partial charge in [0, 0.05) is 18.5 Å². The van der Waals surface area contributed by atoms with E-state index in [0.29, 0.717) is 16.8 Å². The Morgan fingerprint density at radius 3 is 2.57 bits per heavy atom. The summed E-state index contributed by atoms with van der Waals surface area (Å²) >= 11 is 0. The van der Waals surface area contributed by atoms with Crippen molar-refractivity contribution in [3.8, 4) is 11.5 Å². The van der Waals surface area contributed by atoms with Gasteiger partial charge in [0.25, 0.3) is 0 Å². The summed E-state index contributed by atoms with van der Waals surface area (Å²) in [5.41, 5.74) is 0.840. The summed E-state index contributed by atoms with van der Waals surface area (Å²) in [6.07, 6.45) is 3.10. The maximum Gasteiger partial charge on any atom is 0.314 e. The number of nitrogens with zero attached hydrogens (tertiary/aromatic N) is 3. The topological polar surface area (TPSA) is 78.2 Å². The molecular weight excluding hydrogens is 277 g/mol. The Hall–Kier alpha value is -3.09. The molecule has 0 bridgehead atoms. The molecule has 0 aliphatic heterocycles. The van der Waals surface area contributed by atoms with Gasteiger partial charge < -0.3 is 4.74 Å². The molecule has 0 atom stereocenters. The van der Waals surface area contributed by atoms with Gasteiger partial charge in [0.15, 0.2) is 0 Å². The molecule has 0 fully saturated rings. The molecule has 0 saturated heterocycles. The molecule has 1 heterocycles. The van der Waals surface area contributed by atoms with Gasteiger partial charge in [0.1, 0.15) is 11.6 Å². The van der Waals surface area contributed by atoms with Crippen LogP contribution in [-0.2, 0) is 0 Å². The molecule has 0 aliphatic rings. The second-order valence-electron chi connectivity index (χ2n) is 4.18. The van der Waals surface area contributed by atoms with Crippen molar-refractivity contribution < 1.29 is 14.1 Å². The van der Waals surface area contributed by atoms with Gasteiger partial charge in [-0.05, 0) is 24.3 Å². The van der Waals surface area contributed by atoms with E-state index in [2.05, 4.69) is 9.97 Å². The maximum atomic E-state index is 13.1. The average molecular weight is 285 g/mol. The maximum absolute atomic E-state index is 13.1. The molecule has 3 aromatic rings. The van der Waals surface area contributed by atoms with Crippen LogP contribution >= 0.6 is 0 Å². The number of benzene rings is 2. The predicted octanol–water partition coefficient (Wildman–Crippen LogP) is 3.47. The smallest absolute Gasteiger partial charge is 0.314 e. The van der Waals surface area contributed by atoms with E-state index >= 15 is 0 Å². The standard InChI is InChI=1S/C14H8FN3O3/c15-9-1-4-14(13(7-9)18(19)20)21-10-2-3-11-12(8-10)17-6-5-16-11/h1-8H. The summed E-state index contributed by atoms with van der Waals surface area (Å²) in [6, 6.07) is 8.04. The molecule has 0 unspecified atom stereocenters. The number of hydrogen-bond donors (Lipinski definition) is 0. The van der Waals surface area contributed by atoms with E-state index in [4.69, 9.17) is 4.74 Å². The Morgan fingerprint density at radius 2 is 1.81 bits per heavy atom. The van der Waals surface area contributed by atoms with Gasteiger partial charge in [-0.1, -0.05) is 0 Å². The molecule has 0 saturated carbocycles. The van der Waals surface area contributed by atoms with Gasteiger partial charge in [-0.3, -0.25) is 20.1 Å². The normalized spacial score (nSPS) is 10.5. The number of fused-ring (bicyclic) bond motifs is 1. The molecule has 0 radical (unpaired) electrons. The van der Waals surface area contributed by atoms with Crippen LogP contribution in [0.2, 0.25) is 0 Å². The van der Waals surface area contributed by atoms with Crippen molar-refractivity contribution in [1.29, 1.82) is 0 Å². The van der Waals surface area contributed by atoms with E-state index in [0.717, 1.165) is 12.1 Å². The molecule has 0 spiro atoms. The molecule has 0 aliphatic carbocycles. The molecule has 0 N–H and O–H groups in total. The highest BCUT2D eigenvalue weighted by molar-refractivity contribution is 5.75. The second kappa shape index (κ2) is 5.12. The van der Waals surface area contributed by atoms with Crippen molar-refractivity contribution in [1.82, 2.24) is 9.97 Å². The Kier molecular flexibility index (Phi) is 3.15. The summed E-state index contributed by atoms with van der Waals surface area (Å²) in [5, 5.41) is 10.9. The third-order valence-electron chi connectivity index (χ3n) is 2.79. The molecule has 7 heteroatoms. The first-order valence-electron chi connectivity index (χ1n) is 5.96. The number of aromatic nitrogens is 2. The average Bonchev–Trinajstić information content (AvgIpc) is 2.49. The molecule has 1 aromatic heterocycles. The Bertz CT molecular complexity index is 839. The van der Waals surface area contributed by atoms with Crippen molar-refractivity contribution >= 4 is 16.7 Å². The van der Waals surface area contributed by atoms with Crippen molar-refractivity contribution in [2.24, 2.45) is 0 Å². The molecule has 6 nitrogen and oxygen atoms in total. The van der Waals surface area contributed by atoms with Crippen molar-refractivity contribution in [3.63, 3.8) is 0 Å². The zero-order chi connectivity index (χ0) is 14.8. The quantitative estimate of drug-likeness (QED) is 0.544. The van der Waals surface area contributed by atoms with E-state index < -0.39 is 16.4 Å². The van der Waals surface area contributed by atoms with Crippen molar-refractivity contribution in [2.45, 2.75) is 0 Å². The van der Waals surface area contributed by atoms with Crippen LogP contribution in [0.25, 0.3) is 11.0 Å². The molecular formula is C14H8FN3O3. The highest BCUT2D eigenvalue weighted by Crippen LogP contribution is 2.32. The van der Waals surface area contributed by atoms with Crippen molar-refractivity contribution in [3.05, 3.63) is 64.7 Å². The first kappa shape index (κ1) is 12.9. The molecule has 21 heavy (non-hydrogen) atoms. The zero-order valence-electron chi connectivity index (χ0n) is 10.6. The fourth-order valence-corrected chi connectivity index (χ4v) is 1.85. The lowest BCUT2D eigenvalue weighted by atomic mass is 10.2. The minimum atomic E-state index is -0.696. The lowest BCUT2D eigenvalue weighted by molar-refractivity contribution is -0.385. The Morgan fingerprint density at radius 1 is 1.05 bits per heavy atom. The van der Waals surface area contributed by atoms with Crippen LogP contribution < -0.4 is 4.74 Å². The number of nitro groups is 1. The predicted molar refractivity (Wildman–Crippen MR) is 72.7 cm³/mol. The fraction of sp³-hybridized carbons (Fsp3) is 0. The number of rotatable bonds is 3. The summed E-state index contributed by atoms with van der Waals surface area (Å²) in [6.45, 7) is 0. The number of ether oxygens (including phenoxy) is 1. The first-order valence-corrected chi connectivity index (χ1v) is 5.96. The van der Waals surface area contributed by atoms with Crippen LogP contribution in [0.1, 0.15) is 0 Å². The number of nitro benzene ring substituents is 1. The lowest BCUT2D eigenvalue weighted by Crippen LogP contribution is -1.94. The van der Waals surface area contributed by atoms with E-state index in [-0.39, 0.29) is 5.75 Å². The largest absolute Gasteiger partial charge is 0.450 e. The zero-order valence-corrected chi connectivity index (χ0v) is 10.6. The summed E-state index contributed by atoms with van der Waals surface area (Å²) < 4.78 is 18.5. The second-order valence-corrected chi connectivity index (χ2v) is 4.18. The minimum absolute atomic E-state index is 0.0374. The van der Waals surface area contributed by atoms with Gasteiger partial charge >= 0.3 is 5.69 Å². The van der Waals surface area contributed by atoms with E-state index in [9.17, 15) is 14.5 Å². The molecule has 2 aromatic carbocycles. The van der Waals surface area contributed by atoms with E-state index in [1.54, 1.807) is 24.4 Å². The van der Waals surface area contributed by atoms with Crippen LogP contribution in [0.5, 0.6) is 11.5 Å². The first-order chi connectivity index (χ1) is 10.1. The number of halogens is 1. The monoisotopic (exact) mass is 285 g/mol. The third kappa shape index (κ3) is 2.62. The van der Waals surface area contributed by atoms with Crippen LogP contribution in [0, 0.1) is 15.9 Å². The summed E-state index contributed by atoms with van der Waals surface area (Å²) in [5.74, 6) is -0.374. The fourth-order valence-electron chi connectivity index (χ4n) is 1.85. The van der Waals surface area contributed by atoms with Gasteiger partial charge in [0.2, 0.25) is 5.75 Å². The highest BCUT2D eigenvalue weighted by Gasteiger charge is 2.17. The third-order valence-corrected chi connectivity index (χ3v) is 2.79. The van der Waals surface area contributed by atoms with Gasteiger partial charge in [-0.15, -0.1) is 0 Å². The van der Waals surface area contributed by atoms with Crippen LogP contribution in [0.3, 0.4) is 0 Å². The summed E-state index contributed by atoms with van der Waals surface area (Å²) in [4.78, 5) is 18.4. The molecule has 104 valence electrons. The highest BCUT2D eigenvalue weighted by atomic mass is 19.1. The lowest BCUT2D eigenvalue weighted by Gasteiger charge is -2.06. The van der Waals surface area contributed by atoms with Crippen LogP contribution in [0.15, 0.2) is 48.8 Å². The summed E-state index contributed by atoms with van der Waals surface area (Å²) in [7, 11) is 0. The SMILES string of the molecule is O=[N+]([O-])c1cc(F)ccc1Oc1ccc2nccnc2c1. The van der Waals surface area contributed by atoms with Crippen molar-refractivity contribution in [2.75, 3.05) is 0 Å². The Labute approximate surface area is 118 Å². The van der Waals surface area contributed by atoms with E-state index in [1.807, 2.05) is 0 Å². The van der Waals surface area contributed by atoms with Crippen LogP contribution in [-0.4, -0.2) is 14.9 Å².